The van der Waals surface area contributed by atoms with Crippen LogP contribution in [0.5, 0.6) is 11.6 Å². The van der Waals surface area contributed by atoms with E-state index in [0.717, 1.165) is 18.6 Å². The minimum absolute atomic E-state index is 0.0991. The molecule has 3 N–H and O–H groups in total. The summed E-state index contributed by atoms with van der Waals surface area (Å²) in [5, 5.41) is 20.3. The Morgan fingerprint density at radius 3 is 2.62 bits per heavy atom. The second-order valence-corrected chi connectivity index (χ2v) is 12.2. The van der Waals surface area contributed by atoms with Gasteiger partial charge in [0, 0.05) is 31.5 Å². The molecule has 4 aromatic rings. The lowest BCUT2D eigenvalue weighted by Crippen LogP contribution is -2.44. The highest BCUT2D eigenvalue weighted by molar-refractivity contribution is 7.92. The van der Waals surface area contributed by atoms with Gasteiger partial charge in [-0.15, -0.1) is 0 Å². The molecular formula is C30H27F2N7O5S. The maximum atomic E-state index is 15.2. The van der Waals surface area contributed by atoms with Gasteiger partial charge in [-0.1, -0.05) is 12.1 Å². The normalized spacial score (nSPS) is 15.5. The molecule has 1 saturated heterocycles. The van der Waals surface area contributed by atoms with Crippen molar-refractivity contribution in [3.05, 3.63) is 89.8 Å². The van der Waals surface area contributed by atoms with Gasteiger partial charge in [0.25, 0.3) is 0 Å². The van der Waals surface area contributed by atoms with Crippen LogP contribution in [-0.4, -0.2) is 58.6 Å². The highest BCUT2D eigenvalue weighted by atomic mass is 32.2. The number of rotatable bonds is 9. The van der Waals surface area contributed by atoms with Crippen molar-refractivity contribution >= 4 is 27.8 Å². The Balaban J connectivity index is 1.34. The maximum Gasteiger partial charge on any atom is 0.407 e. The summed E-state index contributed by atoms with van der Waals surface area (Å²) < 4.78 is 64.0. The summed E-state index contributed by atoms with van der Waals surface area (Å²) in [6.45, 7) is 2.11. The monoisotopic (exact) mass is 635 g/mol. The summed E-state index contributed by atoms with van der Waals surface area (Å²) in [6.07, 6.45) is 3.29. The fourth-order valence-electron chi connectivity index (χ4n) is 4.74. The van der Waals surface area contributed by atoms with E-state index in [1.54, 1.807) is 18.2 Å². The van der Waals surface area contributed by atoms with Gasteiger partial charge in [0.05, 0.1) is 28.6 Å². The molecule has 1 fully saturated rings. The highest BCUT2D eigenvalue weighted by Gasteiger charge is 2.27. The van der Waals surface area contributed by atoms with Crippen molar-refractivity contribution in [2.24, 2.45) is 0 Å². The first-order chi connectivity index (χ1) is 21.6. The summed E-state index contributed by atoms with van der Waals surface area (Å²) in [6, 6.07) is 14.5. The number of anilines is 2. The number of benzene rings is 2. The predicted molar refractivity (Wildman–Crippen MR) is 160 cm³/mol. The van der Waals surface area contributed by atoms with Crippen LogP contribution >= 0.6 is 0 Å². The van der Waals surface area contributed by atoms with E-state index in [2.05, 4.69) is 25.0 Å². The third-order valence-electron chi connectivity index (χ3n) is 7.21. The first-order valence-corrected chi connectivity index (χ1v) is 15.3. The minimum atomic E-state index is -4.21. The number of halogens is 2. The van der Waals surface area contributed by atoms with Gasteiger partial charge in [-0.2, -0.15) is 9.65 Å². The molecule has 1 aliphatic heterocycles. The van der Waals surface area contributed by atoms with Crippen molar-refractivity contribution in [1.29, 1.82) is 5.26 Å². The number of piperidine rings is 1. The SMILES string of the molecule is CC(c1ccc(C#N)cc1)S(=O)(=O)Nc1ccc(Oc2ncccc2-c2ccnc(N[C@H]3CCCN(C(=O)O)C3)n2)c(F)c1F. The molecule has 1 unspecified atom stereocenters. The van der Waals surface area contributed by atoms with E-state index in [9.17, 15) is 18.3 Å². The van der Waals surface area contributed by atoms with Gasteiger partial charge in [0.15, 0.2) is 11.6 Å². The fraction of sp³-hybridized carbons (Fsp3) is 0.233. The number of sulfonamides is 1. The molecule has 0 bridgehead atoms. The molecule has 12 nitrogen and oxygen atoms in total. The van der Waals surface area contributed by atoms with Crippen molar-refractivity contribution in [3.8, 4) is 29.0 Å². The van der Waals surface area contributed by atoms with Crippen LogP contribution in [-0.2, 0) is 10.0 Å². The largest absolute Gasteiger partial charge is 0.465 e. The lowest BCUT2D eigenvalue weighted by atomic mass is 10.1. The lowest BCUT2D eigenvalue weighted by Gasteiger charge is -2.31. The third kappa shape index (κ3) is 7.07. The number of carbonyl (C=O) groups is 1. The Morgan fingerprint density at radius 1 is 1.11 bits per heavy atom. The number of pyridine rings is 1. The van der Waals surface area contributed by atoms with Crippen LogP contribution in [0.15, 0.2) is 67.0 Å². The van der Waals surface area contributed by atoms with Gasteiger partial charge in [0.2, 0.25) is 27.7 Å². The van der Waals surface area contributed by atoms with E-state index in [1.165, 1.54) is 48.5 Å². The van der Waals surface area contributed by atoms with Crippen molar-refractivity contribution < 1.29 is 31.8 Å². The molecule has 2 aromatic carbocycles. The molecular weight excluding hydrogens is 608 g/mol. The van der Waals surface area contributed by atoms with Crippen LogP contribution in [0.2, 0.25) is 0 Å². The Kier molecular flexibility index (Phi) is 9.05. The Bertz CT molecular complexity index is 1870. The second-order valence-electron chi connectivity index (χ2n) is 10.2. The number of amides is 1. The minimum Gasteiger partial charge on any atom is -0.465 e. The summed E-state index contributed by atoms with van der Waals surface area (Å²) >= 11 is 0. The van der Waals surface area contributed by atoms with Crippen molar-refractivity contribution in [1.82, 2.24) is 19.9 Å². The summed E-state index contributed by atoms with van der Waals surface area (Å²) in [4.78, 5) is 25.5. The average molecular weight is 636 g/mol. The van der Waals surface area contributed by atoms with Gasteiger partial charge < -0.3 is 20.1 Å². The molecule has 0 aliphatic carbocycles. The quantitative estimate of drug-likeness (QED) is 0.212. The van der Waals surface area contributed by atoms with E-state index in [-0.39, 0.29) is 24.4 Å². The van der Waals surface area contributed by atoms with Gasteiger partial charge >= 0.3 is 6.09 Å². The topological polar surface area (TPSA) is 170 Å². The number of hydrogen-bond donors (Lipinski definition) is 3. The number of nitrogens with one attached hydrogen (secondary N) is 2. The molecule has 0 saturated carbocycles. The predicted octanol–water partition coefficient (Wildman–Crippen LogP) is 5.54. The summed E-state index contributed by atoms with van der Waals surface area (Å²) in [7, 11) is -4.21. The number of nitriles is 1. The molecule has 3 heterocycles. The van der Waals surface area contributed by atoms with Crippen molar-refractivity contribution in [2.75, 3.05) is 23.1 Å². The Labute approximate surface area is 257 Å². The summed E-state index contributed by atoms with van der Waals surface area (Å²) in [5.41, 5.74) is 0.774. The molecule has 5 rings (SSSR count). The smallest absolute Gasteiger partial charge is 0.407 e. The van der Waals surface area contributed by atoms with E-state index in [4.69, 9.17) is 10.00 Å². The Hall–Kier alpha value is -5.36. The number of nitrogens with zero attached hydrogens (tertiary/aromatic N) is 5. The van der Waals surface area contributed by atoms with E-state index in [0.29, 0.717) is 35.3 Å². The first kappa shape index (κ1) is 31.1. The number of ether oxygens (including phenoxy) is 1. The van der Waals surface area contributed by atoms with Crippen LogP contribution < -0.4 is 14.8 Å². The molecule has 1 aliphatic rings. The molecule has 1 amide bonds. The van der Waals surface area contributed by atoms with Crippen molar-refractivity contribution in [2.45, 2.75) is 31.1 Å². The number of aromatic nitrogens is 3. The van der Waals surface area contributed by atoms with Gasteiger partial charge in [-0.3, -0.25) is 4.72 Å². The molecule has 15 heteroatoms. The Morgan fingerprint density at radius 2 is 1.89 bits per heavy atom. The van der Waals surface area contributed by atoms with Crippen LogP contribution in [0.1, 0.15) is 36.1 Å². The van der Waals surface area contributed by atoms with Gasteiger partial charge in [-0.05, 0) is 67.8 Å². The molecule has 45 heavy (non-hydrogen) atoms. The standard InChI is InChI=1S/C30H27F2N7O5S/c1-18(20-8-6-19(16-33)7-9-20)45(42,43)38-24-10-11-25(27(32)26(24)31)44-28-22(5-2-13-34-28)23-12-14-35-29(37-23)36-21-4-3-15-39(17-21)30(40)41/h2,5-14,18,21,38H,3-4,15,17H2,1H3,(H,40,41)(H,35,36,37)/t18?,21-/m0/s1. The number of likely N-dealkylation sites (tertiary alicyclic amines) is 1. The number of carboxylic acid groups (broad SMARTS) is 1. The fourth-order valence-corrected chi connectivity index (χ4v) is 5.90. The molecule has 0 radical (unpaired) electrons. The van der Waals surface area contributed by atoms with Gasteiger partial charge in [-0.25, -0.2) is 32.6 Å². The first-order valence-electron chi connectivity index (χ1n) is 13.8. The zero-order valence-corrected chi connectivity index (χ0v) is 24.6. The molecule has 0 spiro atoms. The zero-order chi connectivity index (χ0) is 32.1. The van der Waals surface area contributed by atoms with Crippen LogP contribution in [0, 0.1) is 23.0 Å². The van der Waals surface area contributed by atoms with E-state index >= 15 is 8.78 Å². The van der Waals surface area contributed by atoms with Crippen LogP contribution in [0.4, 0.5) is 25.2 Å². The van der Waals surface area contributed by atoms with Gasteiger partial charge in [0.1, 0.15) is 5.25 Å². The lowest BCUT2D eigenvalue weighted by molar-refractivity contribution is 0.132. The highest BCUT2D eigenvalue weighted by Crippen LogP contribution is 2.35. The van der Waals surface area contributed by atoms with E-state index in [1.807, 2.05) is 6.07 Å². The zero-order valence-electron chi connectivity index (χ0n) is 23.8. The van der Waals surface area contributed by atoms with Crippen LogP contribution in [0.25, 0.3) is 11.3 Å². The second kappa shape index (κ2) is 13.1. The molecule has 2 atom stereocenters. The third-order valence-corrected chi connectivity index (χ3v) is 8.92. The molecule has 2 aromatic heterocycles. The summed E-state index contributed by atoms with van der Waals surface area (Å²) in [5.74, 6) is -3.32. The van der Waals surface area contributed by atoms with Crippen LogP contribution in [0.3, 0.4) is 0 Å². The van der Waals surface area contributed by atoms with Crippen molar-refractivity contribution in [3.63, 3.8) is 0 Å². The average Bonchev–Trinajstić information content (AvgIpc) is 3.04. The maximum absolute atomic E-state index is 15.2. The number of hydrogen-bond acceptors (Lipinski definition) is 9. The molecule has 232 valence electrons. The van der Waals surface area contributed by atoms with E-state index < -0.39 is 44.4 Å².